The number of carboxylic acid groups (broad SMARTS) is 1. The Kier molecular flexibility index (Phi) is 12.7. The van der Waals surface area contributed by atoms with Crippen LogP contribution < -0.4 is 21.1 Å². The number of carboxylic acids is 1. The first-order valence-electron chi connectivity index (χ1n) is 17.5. The summed E-state index contributed by atoms with van der Waals surface area (Å²) in [6, 6.07) is 2.05. The van der Waals surface area contributed by atoms with E-state index in [1.807, 2.05) is 25.8 Å². The molecule has 286 valence electrons. The van der Waals surface area contributed by atoms with E-state index >= 15 is 0 Å². The maximum Gasteiger partial charge on any atom is 0.344 e. The number of likely N-dealkylation sites (tertiary alicyclic amines) is 1. The number of nitrogens with two attached hydrogens (primary N) is 1. The maximum absolute atomic E-state index is 13.5. The Morgan fingerprint density at radius 1 is 1.15 bits per heavy atom. The molecule has 1 spiro atoms. The fourth-order valence-corrected chi connectivity index (χ4v) is 7.58. The first-order valence-corrected chi connectivity index (χ1v) is 17.5. The van der Waals surface area contributed by atoms with Gasteiger partial charge in [0.05, 0.1) is 23.4 Å². The van der Waals surface area contributed by atoms with Crippen LogP contribution in [0.15, 0.2) is 24.0 Å². The van der Waals surface area contributed by atoms with Crippen LogP contribution in [0.3, 0.4) is 0 Å². The summed E-state index contributed by atoms with van der Waals surface area (Å²) in [6.07, 6.45) is -0.777. The van der Waals surface area contributed by atoms with Crippen molar-refractivity contribution in [2.75, 3.05) is 26.7 Å². The first kappa shape index (κ1) is 40.2. The van der Waals surface area contributed by atoms with E-state index in [4.69, 9.17) is 19.9 Å². The number of unbranched alkanes of at least 4 members (excludes halogenated alkanes) is 1. The van der Waals surface area contributed by atoms with Crippen molar-refractivity contribution in [3.8, 4) is 11.5 Å². The molecule has 2 aliphatic heterocycles. The summed E-state index contributed by atoms with van der Waals surface area (Å²) in [5.74, 6) is -6.22. The van der Waals surface area contributed by atoms with Gasteiger partial charge in [-0.15, -0.1) is 0 Å². The Morgan fingerprint density at radius 3 is 2.52 bits per heavy atom. The van der Waals surface area contributed by atoms with Crippen molar-refractivity contribution < 1.29 is 58.3 Å². The van der Waals surface area contributed by atoms with Crippen LogP contribution in [0.5, 0.6) is 11.5 Å². The summed E-state index contributed by atoms with van der Waals surface area (Å²) < 4.78 is 17.1. The van der Waals surface area contributed by atoms with Crippen molar-refractivity contribution in [2.24, 2.45) is 11.7 Å². The summed E-state index contributed by atoms with van der Waals surface area (Å²) in [5.41, 5.74) is 4.42. The molecule has 1 fully saturated rings. The second-order valence-corrected chi connectivity index (χ2v) is 14.0. The number of nitrogens with one attached hydrogen (secondary N) is 2. The van der Waals surface area contributed by atoms with Gasteiger partial charge in [0.25, 0.3) is 0 Å². The number of carbonyl (C=O) groups is 6. The molecule has 2 heterocycles. The number of hydrogen-bond donors (Lipinski definition) is 6. The molecule has 1 aromatic rings. The van der Waals surface area contributed by atoms with Crippen molar-refractivity contribution in [2.45, 2.75) is 108 Å². The third-order valence-corrected chi connectivity index (χ3v) is 10.4. The van der Waals surface area contributed by atoms with Crippen LogP contribution in [0.4, 0.5) is 0 Å². The summed E-state index contributed by atoms with van der Waals surface area (Å²) in [5, 5.41) is 37.4. The van der Waals surface area contributed by atoms with Gasteiger partial charge < -0.3 is 45.9 Å². The molecule has 0 bridgehead atoms. The number of likely N-dealkylation sites (N-methyl/N-ethyl adjacent to an activating group) is 1. The average Bonchev–Trinajstić information content (AvgIpc) is 3.53. The highest BCUT2D eigenvalue weighted by Crippen LogP contribution is 2.62. The van der Waals surface area contributed by atoms with Gasteiger partial charge in [0, 0.05) is 50.9 Å². The molecule has 0 radical (unpaired) electrons. The highest BCUT2D eigenvalue weighted by Gasteiger charge is 2.71. The number of hydrogen-bond acceptors (Lipinski definition) is 13. The molecule has 16 nitrogen and oxygen atoms in total. The Labute approximate surface area is 302 Å². The minimum Gasteiger partial charge on any atom is -0.504 e. The fraction of sp³-hybridized carbons (Fsp3) is 0.611. The summed E-state index contributed by atoms with van der Waals surface area (Å²) in [6.45, 7) is 6.75. The molecule has 0 saturated carbocycles. The number of phenols is 1. The number of aliphatic hydroxyl groups is 1. The molecule has 1 aliphatic carbocycles. The molecule has 3 aliphatic rings. The number of amides is 2. The van der Waals surface area contributed by atoms with Crippen molar-refractivity contribution >= 4 is 35.5 Å². The van der Waals surface area contributed by atoms with Gasteiger partial charge in [-0.05, 0) is 71.3 Å². The molecule has 52 heavy (non-hydrogen) atoms. The molecular weight excluding hydrogens is 680 g/mol. The van der Waals surface area contributed by atoms with Crippen molar-refractivity contribution in [1.29, 1.82) is 0 Å². The molecule has 4 rings (SSSR count). The zero-order chi connectivity index (χ0) is 38.5. The van der Waals surface area contributed by atoms with Gasteiger partial charge in [-0.2, -0.15) is 0 Å². The predicted octanol–water partition coefficient (Wildman–Crippen LogP) is 0.717. The van der Waals surface area contributed by atoms with Crippen molar-refractivity contribution in [3.05, 3.63) is 35.1 Å². The number of carbonyl (C=O) groups excluding carboxylic acids is 5. The van der Waals surface area contributed by atoms with Crippen LogP contribution in [0.2, 0.25) is 0 Å². The van der Waals surface area contributed by atoms with Gasteiger partial charge in [0.1, 0.15) is 17.6 Å². The maximum atomic E-state index is 13.5. The van der Waals surface area contributed by atoms with Gasteiger partial charge in [-0.3, -0.25) is 28.9 Å². The molecule has 0 aromatic heterocycles. The summed E-state index contributed by atoms with van der Waals surface area (Å²) in [4.78, 5) is 77.4. The van der Waals surface area contributed by atoms with E-state index in [2.05, 4.69) is 10.6 Å². The Balaban J connectivity index is 1.48. The van der Waals surface area contributed by atoms with Gasteiger partial charge in [0.15, 0.2) is 23.7 Å². The van der Waals surface area contributed by atoms with E-state index in [-0.39, 0.29) is 42.7 Å². The Hall–Kier alpha value is -4.54. The normalized spacial score (nSPS) is 24.9. The van der Waals surface area contributed by atoms with Crippen LogP contribution in [0.25, 0.3) is 0 Å². The number of aliphatic carboxylic acids is 1. The van der Waals surface area contributed by atoms with E-state index in [0.29, 0.717) is 37.9 Å². The molecule has 1 saturated heterocycles. The van der Waals surface area contributed by atoms with Crippen LogP contribution >= 0.6 is 0 Å². The molecule has 1 aromatic carbocycles. The van der Waals surface area contributed by atoms with E-state index < -0.39 is 83.5 Å². The zero-order valence-corrected chi connectivity index (χ0v) is 30.2. The van der Waals surface area contributed by atoms with Gasteiger partial charge >= 0.3 is 17.9 Å². The Bertz CT molecular complexity index is 1610. The topological polar surface area (TPSA) is 244 Å². The number of aromatic hydroxyl groups is 1. The highest BCUT2D eigenvalue weighted by atomic mass is 16.6. The first-order chi connectivity index (χ1) is 24.5. The number of ether oxygens (including phenoxy) is 3. The Morgan fingerprint density at radius 2 is 1.87 bits per heavy atom. The quantitative estimate of drug-likeness (QED) is 0.0956. The molecule has 2 amide bonds. The fourth-order valence-electron chi connectivity index (χ4n) is 7.58. The number of fused-ring (bicyclic) bond motifs is 1. The van der Waals surface area contributed by atoms with Crippen molar-refractivity contribution in [1.82, 2.24) is 15.5 Å². The van der Waals surface area contributed by atoms with Crippen LogP contribution in [-0.2, 0) is 43.7 Å². The lowest BCUT2D eigenvalue weighted by molar-refractivity contribution is -0.167. The van der Waals surface area contributed by atoms with Gasteiger partial charge in [0.2, 0.25) is 11.8 Å². The highest BCUT2D eigenvalue weighted by molar-refractivity contribution is 5.90. The van der Waals surface area contributed by atoms with Gasteiger partial charge in [-0.1, -0.05) is 6.07 Å². The second kappa shape index (κ2) is 16.4. The minimum absolute atomic E-state index is 0.0624. The van der Waals surface area contributed by atoms with Crippen LogP contribution in [0.1, 0.15) is 76.8 Å². The second-order valence-electron chi connectivity index (χ2n) is 14.0. The molecule has 16 heteroatoms. The number of benzene rings is 1. The average molecular weight is 731 g/mol. The summed E-state index contributed by atoms with van der Waals surface area (Å²) >= 11 is 0. The number of Topliss-reactive ketones (excluding diaryl/α,β-unsaturated/α-hetero) is 1. The number of phenolic OH excluding ortho intramolecular Hbond substituents is 1. The molecule has 0 unspecified atom stereocenters. The molecule has 7 N–H and O–H groups in total. The standard InChI is InChI=1S/C36H50N4O12/c1-19-9-10-26(43)30-29(19)35-18-40(5)21(3)36(35,49)13-11-27(31(35)52-30)51-28(44)17-23(34(48)50-20(2)33(46)47)16-24(42)12-15-38-32(45)25(39-22(4)41)8-6-7-14-37/h9-11,20-21,23,25,31,43,49H,6-8,12-18,37H2,1-5H3,(H,38,45)(H,39,41)(H,46,47)/t20-,21+,23-,25-,31-,35-,36+/m0/s1. The lowest BCUT2D eigenvalue weighted by Crippen LogP contribution is -2.61. The monoisotopic (exact) mass is 730 g/mol. The number of ketones is 1. The third-order valence-electron chi connectivity index (χ3n) is 10.4. The predicted molar refractivity (Wildman–Crippen MR) is 184 cm³/mol. The lowest BCUT2D eigenvalue weighted by Gasteiger charge is -2.46. The number of aryl methyl sites for hydroxylation is 1. The van der Waals surface area contributed by atoms with E-state index in [0.717, 1.165) is 12.5 Å². The smallest absolute Gasteiger partial charge is 0.344 e. The largest absolute Gasteiger partial charge is 0.504 e. The van der Waals surface area contributed by atoms with Gasteiger partial charge in [-0.25, -0.2) is 4.79 Å². The van der Waals surface area contributed by atoms with E-state index in [1.165, 1.54) is 13.0 Å². The van der Waals surface area contributed by atoms with Crippen LogP contribution in [-0.4, -0.2) is 112 Å². The van der Waals surface area contributed by atoms with Crippen LogP contribution in [0, 0.1) is 12.8 Å². The third kappa shape index (κ3) is 8.08. The number of esters is 2. The number of nitrogens with zero attached hydrogens (tertiary/aromatic N) is 1. The molecular formula is C36H50N4O12. The summed E-state index contributed by atoms with van der Waals surface area (Å²) in [7, 11) is 1.86. The SMILES string of the molecule is CC(=O)N[C@@H](CCCCN)C(=O)NCCC(=O)C[C@@H](CC(=O)OC1=CC[C@@]2(O)[C@@H](C)N(C)C[C@@]23c2c(C)ccc(O)c2O[C@@H]13)C(=O)O[C@@H](C)C(=O)O. The van der Waals surface area contributed by atoms with Crippen molar-refractivity contribution in [3.63, 3.8) is 0 Å². The zero-order valence-electron chi connectivity index (χ0n) is 30.2. The number of rotatable bonds is 17. The lowest BCUT2D eigenvalue weighted by atomic mass is 9.60. The van der Waals surface area contributed by atoms with E-state index in [9.17, 15) is 44.1 Å². The van der Waals surface area contributed by atoms with E-state index in [1.54, 1.807) is 12.1 Å². The molecule has 7 atom stereocenters. The minimum atomic E-state index is -1.56.